The fraction of sp³-hybridized carbons (Fsp3) is 0.643. The maximum absolute atomic E-state index is 12.5. The normalized spacial score (nSPS) is 26.2. The van der Waals surface area contributed by atoms with Crippen LogP contribution < -0.4 is 11.1 Å². The number of nitrogens with zero attached hydrogens (tertiary/aromatic N) is 2. The van der Waals surface area contributed by atoms with Gasteiger partial charge in [-0.2, -0.15) is 5.10 Å². The highest BCUT2D eigenvalue weighted by Gasteiger charge is 2.38. The maximum atomic E-state index is 12.5. The molecular weight excluding hydrogens is 272 g/mol. The largest absolute Gasteiger partial charge is 0.391 e. The molecule has 1 fully saturated rings. The van der Waals surface area contributed by atoms with Crippen molar-refractivity contribution in [3.05, 3.63) is 17.5 Å². The number of carbonyl (C=O) groups is 1. The summed E-state index contributed by atoms with van der Waals surface area (Å²) in [5.74, 6) is 0.503. The minimum Gasteiger partial charge on any atom is -0.391 e. The first-order valence-electron chi connectivity index (χ1n) is 6.97. The van der Waals surface area contributed by atoms with Gasteiger partial charge in [0.1, 0.15) is 5.69 Å². The van der Waals surface area contributed by atoms with E-state index >= 15 is 0 Å². The molecule has 6 heteroatoms. The molecule has 1 aromatic rings. The Bertz CT molecular complexity index is 529. The lowest BCUT2D eigenvalue weighted by molar-refractivity contribution is 0.0891. The number of hydrogen-bond donors (Lipinski definition) is 2. The lowest BCUT2D eigenvalue weighted by Gasteiger charge is -2.39. The zero-order chi connectivity index (χ0) is 14.9. The monoisotopic (exact) mass is 294 g/mol. The van der Waals surface area contributed by atoms with E-state index in [0.717, 1.165) is 31.4 Å². The molecule has 0 bridgehead atoms. The summed E-state index contributed by atoms with van der Waals surface area (Å²) in [7, 11) is 1.76. The minimum absolute atomic E-state index is 0.157. The van der Waals surface area contributed by atoms with Gasteiger partial charge in [-0.1, -0.05) is 19.1 Å². The zero-order valence-electron chi connectivity index (χ0n) is 12.3. The Labute approximate surface area is 124 Å². The van der Waals surface area contributed by atoms with Crippen LogP contribution in [-0.4, -0.2) is 26.2 Å². The van der Waals surface area contributed by atoms with Gasteiger partial charge in [-0.25, -0.2) is 0 Å². The van der Waals surface area contributed by atoms with E-state index in [1.165, 1.54) is 0 Å². The number of carbonyl (C=O) groups excluding carboxylic acids is 1. The van der Waals surface area contributed by atoms with Crippen LogP contribution in [0.5, 0.6) is 0 Å². The second-order valence-corrected chi connectivity index (χ2v) is 6.32. The van der Waals surface area contributed by atoms with Crippen LogP contribution in [-0.2, 0) is 7.05 Å². The average Bonchev–Trinajstić information content (AvgIpc) is 2.71. The summed E-state index contributed by atoms with van der Waals surface area (Å²) in [4.78, 5) is 12.8. The Balaban J connectivity index is 2.19. The van der Waals surface area contributed by atoms with E-state index in [1.807, 2.05) is 6.92 Å². The Morgan fingerprint density at radius 1 is 1.55 bits per heavy atom. The molecule has 0 spiro atoms. The number of amides is 1. The average molecular weight is 294 g/mol. The SMILES string of the molecule is Cc1cc(C(=O)NC2(C(N)=S)CCC(C)CC2)n(C)n1. The second kappa shape index (κ2) is 5.52. The Morgan fingerprint density at radius 3 is 2.60 bits per heavy atom. The first-order chi connectivity index (χ1) is 9.34. The first-order valence-corrected chi connectivity index (χ1v) is 7.38. The summed E-state index contributed by atoms with van der Waals surface area (Å²) in [5.41, 5.74) is 6.72. The van der Waals surface area contributed by atoms with Crippen molar-refractivity contribution in [2.24, 2.45) is 18.7 Å². The van der Waals surface area contributed by atoms with E-state index in [1.54, 1.807) is 17.8 Å². The van der Waals surface area contributed by atoms with E-state index in [2.05, 4.69) is 17.3 Å². The van der Waals surface area contributed by atoms with Gasteiger partial charge in [-0.05, 0) is 44.6 Å². The summed E-state index contributed by atoms with van der Waals surface area (Å²) >= 11 is 5.21. The molecule has 1 amide bonds. The van der Waals surface area contributed by atoms with E-state index < -0.39 is 5.54 Å². The number of thiocarbonyl (C=S) groups is 1. The molecule has 2 rings (SSSR count). The van der Waals surface area contributed by atoms with Crippen molar-refractivity contribution in [1.29, 1.82) is 0 Å². The van der Waals surface area contributed by atoms with Crippen LogP contribution >= 0.6 is 12.2 Å². The molecule has 0 aliphatic heterocycles. The number of rotatable bonds is 3. The summed E-state index contributed by atoms with van der Waals surface area (Å²) in [6.45, 7) is 4.08. The van der Waals surface area contributed by atoms with Crippen LogP contribution in [0.4, 0.5) is 0 Å². The van der Waals surface area contributed by atoms with Gasteiger partial charge in [-0.15, -0.1) is 0 Å². The van der Waals surface area contributed by atoms with Gasteiger partial charge in [0, 0.05) is 7.05 Å². The third-order valence-electron chi connectivity index (χ3n) is 4.19. The van der Waals surface area contributed by atoms with E-state index in [9.17, 15) is 4.79 Å². The molecule has 1 aliphatic carbocycles. The van der Waals surface area contributed by atoms with Crippen molar-refractivity contribution in [2.75, 3.05) is 0 Å². The predicted molar refractivity (Wildman–Crippen MR) is 82.6 cm³/mol. The van der Waals surface area contributed by atoms with E-state index in [-0.39, 0.29) is 5.91 Å². The smallest absolute Gasteiger partial charge is 0.270 e. The summed E-state index contributed by atoms with van der Waals surface area (Å²) < 4.78 is 1.59. The fourth-order valence-corrected chi connectivity index (χ4v) is 3.05. The number of aryl methyl sites for hydroxylation is 2. The number of nitrogens with two attached hydrogens (primary N) is 1. The van der Waals surface area contributed by atoms with Crippen molar-refractivity contribution in [3.63, 3.8) is 0 Å². The Hall–Kier alpha value is -1.43. The van der Waals surface area contributed by atoms with Gasteiger partial charge in [0.15, 0.2) is 0 Å². The Kier molecular flexibility index (Phi) is 4.13. The molecule has 1 heterocycles. The molecule has 0 radical (unpaired) electrons. The number of nitrogens with one attached hydrogen (secondary N) is 1. The lowest BCUT2D eigenvalue weighted by atomic mass is 9.77. The highest BCUT2D eigenvalue weighted by Crippen LogP contribution is 2.32. The number of aromatic nitrogens is 2. The van der Waals surface area contributed by atoms with Crippen molar-refractivity contribution < 1.29 is 4.79 Å². The van der Waals surface area contributed by atoms with Gasteiger partial charge in [0.25, 0.3) is 5.91 Å². The zero-order valence-corrected chi connectivity index (χ0v) is 13.1. The highest BCUT2D eigenvalue weighted by molar-refractivity contribution is 7.80. The Morgan fingerprint density at radius 2 is 2.15 bits per heavy atom. The molecule has 0 unspecified atom stereocenters. The first kappa shape index (κ1) is 15.0. The van der Waals surface area contributed by atoms with Crippen molar-refractivity contribution in [3.8, 4) is 0 Å². The molecule has 1 aromatic heterocycles. The fourth-order valence-electron chi connectivity index (χ4n) is 2.79. The topological polar surface area (TPSA) is 72.9 Å². The molecular formula is C14H22N4OS. The number of hydrogen-bond acceptors (Lipinski definition) is 3. The van der Waals surface area contributed by atoms with Gasteiger partial charge < -0.3 is 11.1 Å². The molecule has 5 nitrogen and oxygen atoms in total. The van der Waals surface area contributed by atoms with Gasteiger partial charge in [0.05, 0.1) is 16.2 Å². The molecule has 1 saturated carbocycles. The molecule has 0 aromatic carbocycles. The van der Waals surface area contributed by atoms with Crippen LogP contribution in [0.25, 0.3) is 0 Å². The third-order valence-corrected chi connectivity index (χ3v) is 4.58. The van der Waals surface area contributed by atoms with Crippen LogP contribution in [0.1, 0.15) is 48.8 Å². The summed E-state index contributed by atoms with van der Waals surface area (Å²) in [6, 6.07) is 1.77. The van der Waals surface area contributed by atoms with Crippen LogP contribution in [0.15, 0.2) is 6.07 Å². The summed E-state index contributed by atoms with van der Waals surface area (Å²) in [6.07, 6.45) is 3.68. The standard InChI is InChI=1S/C14H22N4OS/c1-9-4-6-14(7-5-9,13(15)20)16-12(19)11-8-10(2)17-18(11)3/h8-9H,4-7H2,1-3H3,(H2,15,20)(H,16,19). The van der Waals surface area contributed by atoms with Crippen LogP contribution in [0.2, 0.25) is 0 Å². The van der Waals surface area contributed by atoms with E-state index in [0.29, 0.717) is 16.6 Å². The van der Waals surface area contributed by atoms with E-state index in [4.69, 9.17) is 18.0 Å². The molecule has 0 saturated heterocycles. The lowest BCUT2D eigenvalue weighted by Crippen LogP contribution is -2.58. The van der Waals surface area contributed by atoms with Gasteiger partial charge in [-0.3, -0.25) is 9.48 Å². The predicted octanol–water partition coefficient (Wildman–Crippen LogP) is 1.69. The minimum atomic E-state index is -0.545. The maximum Gasteiger partial charge on any atom is 0.270 e. The van der Waals surface area contributed by atoms with Crippen molar-refractivity contribution in [2.45, 2.75) is 45.1 Å². The van der Waals surface area contributed by atoms with Gasteiger partial charge >= 0.3 is 0 Å². The van der Waals surface area contributed by atoms with Crippen LogP contribution in [0.3, 0.4) is 0 Å². The van der Waals surface area contributed by atoms with Crippen molar-refractivity contribution in [1.82, 2.24) is 15.1 Å². The third kappa shape index (κ3) is 2.85. The van der Waals surface area contributed by atoms with Crippen molar-refractivity contribution >= 4 is 23.1 Å². The second-order valence-electron chi connectivity index (χ2n) is 5.88. The van der Waals surface area contributed by atoms with Crippen LogP contribution in [0, 0.1) is 12.8 Å². The quantitative estimate of drug-likeness (QED) is 0.832. The molecule has 0 atom stereocenters. The molecule has 3 N–H and O–H groups in total. The molecule has 110 valence electrons. The van der Waals surface area contributed by atoms with Gasteiger partial charge in [0.2, 0.25) is 0 Å². The molecule has 1 aliphatic rings. The summed E-state index contributed by atoms with van der Waals surface area (Å²) in [5, 5.41) is 7.25. The molecule has 20 heavy (non-hydrogen) atoms. The highest BCUT2D eigenvalue weighted by atomic mass is 32.1.